The average molecular weight is 304 g/mol. The second-order valence-electron chi connectivity index (χ2n) is 4.78. The molecule has 22 heavy (non-hydrogen) atoms. The van der Waals surface area contributed by atoms with Crippen LogP contribution in [0.25, 0.3) is 5.69 Å². The molecule has 0 unspecified atom stereocenters. The van der Waals surface area contributed by atoms with Gasteiger partial charge in [-0.2, -0.15) is 4.68 Å². The summed E-state index contributed by atoms with van der Waals surface area (Å²) in [6, 6.07) is 5.36. The van der Waals surface area contributed by atoms with Crippen LogP contribution < -0.4 is 15.4 Å². The number of tetrazole rings is 1. The number of nitrogens with zero attached hydrogens (tertiary/aromatic N) is 4. The molecule has 0 radical (unpaired) electrons. The fourth-order valence-electron chi connectivity index (χ4n) is 2.04. The molecule has 0 fully saturated rings. The second-order valence-corrected chi connectivity index (χ2v) is 4.78. The van der Waals surface area contributed by atoms with Gasteiger partial charge in [0.1, 0.15) is 11.4 Å². The molecular formula is C14H20N6O2. The number of rotatable bonds is 7. The van der Waals surface area contributed by atoms with Crippen molar-refractivity contribution in [2.24, 2.45) is 0 Å². The molecule has 118 valence electrons. The first-order chi connectivity index (χ1) is 10.7. The number of carbonyl (C=O) groups is 1. The Hall–Kier alpha value is -2.48. The standard InChI is InChI=1S/C14H20N6O2/c1-10-17-18-19-20(10)12-9-11(6-7-13(12)22-3)16-14(21)5-4-8-15-2/h6-7,9,15H,4-5,8H2,1-3H3,(H,16,21). The summed E-state index contributed by atoms with van der Waals surface area (Å²) in [5.41, 5.74) is 1.36. The van der Waals surface area contributed by atoms with E-state index in [1.165, 1.54) is 0 Å². The Morgan fingerprint density at radius 3 is 2.86 bits per heavy atom. The van der Waals surface area contributed by atoms with E-state index >= 15 is 0 Å². The molecule has 1 aromatic carbocycles. The van der Waals surface area contributed by atoms with Crippen LogP contribution in [0.1, 0.15) is 18.7 Å². The predicted octanol–water partition coefficient (Wildman–Crippen LogP) is 0.917. The van der Waals surface area contributed by atoms with Gasteiger partial charge in [-0.15, -0.1) is 5.10 Å². The average Bonchev–Trinajstić information content (AvgIpc) is 2.93. The molecule has 0 aliphatic heterocycles. The largest absolute Gasteiger partial charge is 0.494 e. The molecule has 8 nitrogen and oxygen atoms in total. The molecule has 1 aromatic heterocycles. The summed E-state index contributed by atoms with van der Waals surface area (Å²) in [5, 5.41) is 17.3. The van der Waals surface area contributed by atoms with Crippen molar-refractivity contribution >= 4 is 11.6 Å². The van der Waals surface area contributed by atoms with Crippen LogP contribution in [0.4, 0.5) is 5.69 Å². The minimum absolute atomic E-state index is 0.0280. The van der Waals surface area contributed by atoms with Gasteiger partial charge in [-0.3, -0.25) is 4.79 Å². The first-order valence-electron chi connectivity index (χ1n) is 7.03. The van der Waals surface area contributed by atoms with Crippen LogP contribution in [0.3, 0.4) is 0 Å². The number of hydrogen-bond acceptors (Lipinski definition) is 6. The van der Waals surface area contributed by atoms with E-state index in [2.05, 4.69) is 26.2 Å². The van der Waals surface area contributed by atoms with Crippen LogP contribution in [-0.4, -0.2) is 46.8 Å². The third-order valence-corrected chi connectivity index (χ3v) is 3.15. The van der Waals surface area contributed by atoms with Gasteiger partial charge in [0.05, 0.1) is 7.11 Å². The third kappa shape index (κ3) is 3.79. The Balaban J connectivity index is 2.17. The summed E-state index contributed by atoms with van der Waals surface area (Å²) >= 11 is 0. The summed E-state index contributed by atoms with van der Waals surface area (Å²) < 4.78 is 6.89. The van der Waals surface area contributed by atoms with Gasteiger partial charge in [-0.1, -0.05) is 0 Å². The molecule has 0 aliphatic carbocycles. The van der Waals surface area contributed by atoms with Gasteiger partial charge in [0.2, 0.25) is 5.91 Å². The molecule has 8 heteroatoms. The van der Waals surface area contributed by atoms with Crippen LogP contribution in [0.5, 0.6) is 5.75 Å². The molecule has 0 aliphatic rings. The van der Waals surface area contributed by atoms with Gasteiger partial charge in [0, 0.05) is 12.1 Å². The molecule has 2 N–H and O–H groups in total. The lowest BCUT2D eigenvalue weighted by atomic mass is 10.2. The van der Waals surface area contributed by atoms with E-state index < -0.39 is 0 Å². The predicted molar refractivity (Wildman–Crippen MR) is 82.2 cm³/mol. The lowest BCUT2D eigenvalue weighted by Crippen LogP contribution is -2.15. The van der Waals surface area contributed by atoms with Gasteiger partial charge >= 0.3 is 0 Å². The fourth-order valence-corrected chi connectivity index (χ4v) is 2.04. The van der Waals surface area contributed by atoms with E-state index in [4.69, 9.17) is 4.74 Å². The van der Waals surface area contributed by atoms with Crippen LogP contribution in [0, 0.1) is 6.92 Å². The fraction of sp³-hybridized carbons (Fsp3) is 0.429. The van der Waals surface area contributed by atoms with Crippen molar-refractivity contribution in [1.29, 1.82) is 0 Å². The zero-order chi connectivity index (χ0) is 15.9. The Labute approximate surface area is 128 Å². The maximum absolute atomic E-state index is 11.9. The van der Waals surface area contributed by atoms with Crippen molar-refractivity contribution in [3.05, 3.63) is 24.0 Å². The molecule has 0 bridgehead atoms. The molecule has 0 saturated heterocycles. The van der Waals surface area contributed by atoms with E-state index in [9.17, 15) is 4.79 Å². The zero-order valence-corrected chi connectivity index (χ0v) is 13.0. The summed E-state index contributed by atoms with van der Waals surface area (Å²) in [5.74, 6) is 1.24. The minimum atomic E-state index is -0.0280. The van der Waals surface area contributed by atoms with Crippen molar-refractivity contribution in [2.75, 3.05) is 26.0 Å². The van der Waals surface area contributed by atoms with Gasteiger partial charge in [0.25, 0.3) is 0 Å². The number of aromatic nitrogens is 4. The van der Waals surface area contributed by atoms with Gasteiger partial charge < -0.3 is 15.4 Å². The first kappa shape index (κ1) is 15.9. The topological polar surface area (TPSA) is 94.0 Å². The van der Waals surface area contributed by atoms with Crippen molar-refractivity contribution in [3.8, 4) is 11.4 Å². The maximum atomic E-state index is 11.9. The van der Waals surface area contributed by atoms with E-state index in [-0.39, 0.29) is 5.91 Å². The number of aryl methyl sites for hydroxylation is 1. The van der Waals surface area contributed by atoms with Gasteiger partial charge in [-0.05, 0) is 55.6 Å². The Bertz CT molecular complexity index is 640. The highest BCUT2D eigenvalue weighted by Gasteiger charge is 2.12. The highest BCUT2D eigenvalue weighted by molar-refractivity contribution is 5.91. The highest BCUT2D eigenvalue weighted by Crippen LogP contribution is 2.26. The summed E-state index contributed by atoms with van der Waals surface area (Å²) in [7, 11) is 3.44. The first-order valence-corrected chi connectivity index (χ1v) is 7.03. The maximum Gasteiger partial charge on any atom is 0.224 e. The van der Waals surface area contributed by atoms with Crippen molar-refractivity contribution in [3.63, 3.8) is 0 Å². The SMILES string of the molecule is CNCCCC(=O)Nc1ccc(OC)c(-n2nnnc2C)c1. The van der Waals surface area contributed by atoms with Crippen LogP contribution in [0.2, 0.25) is 0 Å². The summed E-state index contributed by atoms with van der Waals surface area (Å²) in [4.78, 5) is 11.9. The molecular weight excluding hydrogens is 284 g/mol. The Morgan fingerprint density at radius 1 is 1.41 bits per heavy atom. The van der Waals surface area contributed by atoms with Crippen molar-refractivity contribution < 1.29 is 9.53 Å². The number of methoxy groups -OCH3 is 1. The minimum Gasteiger partial charge on any atom is -0.494 e. The second kappa shape index (κ2) is 7.51. The molecule has 1 heterocycles. The van der Waals surface area contributed by atoms with Gasteiger partial charge in [-0.25, -0.2) is 0 Å². The number of anilines is 1. The van der Waals surface area contributed by atoms with Crippen LogP contribution in [-0.2, 0) is 4.79 Å². The molecule has 0 saturated carbocycles. The Kier molecular flexibility index (Phi) is 5.42. The van der Waals surface area contributed by atoms with E-state index in [1.807, 2.05) is 7.05 Å². The normalized spacial score (nSPS) is 10.5. The summed E-state index contributed by atoms with van der Waals surface area (Å²) in [6.45, 7) is 2.60. The zero-order valence-electron chi connectivity index (χ0n) is 13.0. The molecule has 2 aromatic rings. The number of nitrogens with one attached hydrogen (secondary N) is 2. The van der Waals surface area contributed by atoms with Crippen LogP contribution in [0.15, 0.2) is 18.2 Å². The van der Waals surface area contributed by atoms with Gasteiger partial charge in [0.15, 0.2) is 5.82 Å². The summed E-state index contributed by atoms with van der Waals surface area (Å²) in [6.07, 6.45) is 1.25. The lowest BCUT2D eigenvalue weighted by molar-refractivity contribution is -0.116. The molecule has 1 amide bonds. The quantitative estimate of drug-likeness (QED) is 0.739. The number of benzene rings is 1. The number of amides is 1. The van der Waals surface area contributed by atoms with Crippen LogP contribution >= 0.6 is 0 Å². The number of ether oxygens (including phenoxy) is 1. The number of hydrogen-bond donors (Lipinski definition) is 2. The smallest absolute Gasteiger partial charge is 0.224 e. The van der Waals surface area contributed by atoms with Crippen molar-refractivity contribution in [2.45, 2.75) is 19.8 Å². The molecule has 2 rings (SSSR count). The lowest BCUT2D eigenvalue weighted by Gasteiger charge is -2.11. The number of carbonyl (C=O) groups excluding carboxylic acids is 1. The monoisotopic (exact) mass is 304 g/mol. The van der Waals surface area contributed by atoms with E-state index in [0.29, 0.717) is 29.4 Å². The van der Waals surface area contributed by atoms with E-state index in [1.54, 1.807) is 36.9 Å². The Morgan fingerprint density at radius 2 is 2.23 bits per heavy atom. The highest BCUT2D eigenvalue weighted by atomic mass is 16.5. The van der Waals surface area contributed by atoms with Crippen molar-refractivity contribution in [1.82, 2.24) is 25.5 Å². The third-order valence-electron chi connectivity index (χ3n) is 3.15. The van der Waals surface area contributed by atoms with E-state index in [0.717, 1.165) is 13.0 Å². The molecule has 0 spiro atoms. The molecule has 0 atom stereocenters.